The number of likely N-dealkylation sites (tertiary alicyclic amines) is 1. The van der Waals surface area contributed by atoms with Gasteiger partial charge in [-0.15, -0.1) is 0 Å². The average molecular weight is 417 g/mol. The van der Waals surface area contributed by atoms with E-state index in [1.165, 1.54) is 28.7 Å². The van der Waals surface area contributed by atoms with E-state index in [2.05, 4.69) is 72.6 Å². The Balaban J connectivity index is 1.35. The molecule has 0 bridgehead atoms. The summed E-state index contributed by atoms with van der Waals surface area (Å²) in [7, 11) is 0. The van der Waals surface area contributed by atoms with Crippen molar-refractivity contribution in [1.29, 1.82) is 0 Å². The first-order valence-corrected chi connectivity index (χ1v) is 12.3. The van der Waals surface area contributed by atoms with Crippen molar-refractivity contribution in [3.63, 3.8) is 0 Å². The topological polar surface area (TPSA) is 32.3 Å². The first kappa shape index (κ1) is 20.8. The van der Waals surface area contributed by atoms with Gasteiger partial charge < -0.3 is 10.2 Å². The SMILES string of the molecule is CC(C)c1ccc2c(c1)CCCC21CNCC1C(=O)N1CCC(c2ccccc2)CC1. The number of benzene rings is 2. The lowest BCUT2D eigenvalue weighted by molar-refractivity contribution is -0.138. The Bertz CT molecular complexity index is 929. The van der Waals surface area contributed by atoms with Crippen molar-refractivity contribution in [1.82, 2.24) is 10.2 Å². The van der Waals surface area contributed by atoms with Crippen LogP contribution in [0.15, 0.2) is 48.5 Å². The van der Waals surface area contributed by atoms with Gasteiger partial charge in [-0.05, 0) is 66.2 Å². The molecule has 3 heteroatoms. The number of amides is 1. The molecule has 2 heterocycles. The third kappa shape index (κ3) is 3.71. The number of hydrogen-bond donors (Lipinski definition) is 1. The van der Waals surface area contributed by atoms with Crippen LogP contribution in [-0.2, 0) is 16.6 Å². The lowest BCUT2D eigenvalue weighted by Gasteiger charge is -2.42. The summed E-state index contributed by atoms with van der Waals surface area (Å²) in [6, 6.07) is 17.9. The smallest absolute Gasteiger partial charge is 0.227 e. The van der Waals surface area contributed by atoms with Crippen molar-refractivity contribution in [2.45, 2.75) is 63.2 Å². The molecular formula is C28H36N2O. The Morgan fingerprint density at radius 1 is 1.10 bits per heavy atom. The van der Waals surface area contributed by atoms with Crippen LogP contribution in [0, 0.1) is 5.92 Å². The monoisotopic (exact) mass is 416 g/mol. The zero-order valence-corrected chi connectivity index (χ0v) is 19.1. The summed E-state index contributed by atoms with van der Waals surface area (Å²) in [5, 5.41) is 3.62. The molecule has 1 spiro atoms. The van der Waals surface area contributed by atoms with Crippen molar-refractivity contribution >= 4 is 5.91 Å². The first-order chi connectivity index (χ1) is 15.1. The quantitative estimate of drug-likeness (QED) is 0.763. The van der Waals surface area contributed by atoms with Crippen LogP contribution in [0.25, 0.3) is 0 Å². The highest BCUT2D eigenvalue weighted by atomic mass is 16.2. The molecule has 2 aromatic rings. The fourth-order valence-electron chi connectivity index (χ4n) is 6.40. The predicted molar refractivity (Wildman–Crippen MR) is 127 cm³/mol. The molecule has 2 fully saturated rings. The van der Waals surface area contributed by atoms with Gasteiger partial charge in [0.1, 0.15) is 0 Å². The highest BCUT2D eigenvalue weighted by Gasteiger charge is 2.51. The summed E-state index contributed by atoms with van der Waals surface area (Å²) >= 11 is 0. The summed E-state index contributed by atoms with van der Waals surface area (Å²) in [6.45, 7) is 8.08. The fourth-order valence-corrected chi connectivity index (χ4v) is 6.40. The van der Waals surface area contributed by atoms with Crippen molar-refractivity contribution < 1.29 is 4.79 Å². The van der Waals surface area contributed by atoms with Crippen molar-refractivity contribution in [3.8, 4) is 0 Å². The number of carbonyl (C=O) groups excluding carboxylic acids is 1. The number of fused-ring (bicyclic) bond motifs is 2. The normalized spacial score (nSPS) is 26.4. The van der Waals surface area contributed by atoms with Crippen molar-refractivity contribution in [2.75, 3.05) is 26.2 Å². The minimum absolute atomic E-state index is 0.0174. The van der Waals surface area contributed by atoms with Crippen LogP contribution in [0.2, 0.25) is 0 Å². The second kappa shape index (κ2) is 8.43. The van der Waals surface area contributed by atoms with Gasteiger partial charge in [0.15, 0.2) is 0 Å². The highest BCUT2D eigenvalue weighted by molar-refractivity contribution is 5.82. The molecule has 31 heavy (non-hydrogen) atoms. The van der Waals surface area contributed by atoms with E-state index in [1.807, 2.05) is 0 Å². The molecule has 2 unspecified atom stereocenters. The second-order valence-corrected chi connectivity index (χ2v) is 10.3. The Morgan fingerprint density at radius 3 is 2.61 bits per heavy atom. The number of nitrogens with one attached hydrogen (secondary N) is 1. The molecule has 164 valence electrons. The minimum atomic E-state index is -0.0174. The van der Waals surface area contributed by atoms with Crippen LogP contribution >= 0.6 is 0 Å². The largest absolute Gasteiger partial charge is 0.342 e. The molecule has 2 aromatic carbocycles. The van der Waals surface area contributed by atoms with E-state index in [-0.39, 0.29) is 11.3 Å². The summed E-state index contributed by atoms with van der Waals surface area (Å²) in [4.78, 5) is 16.0. The molecule has 3 nitrogen and oxygen atoms in total. The summed E-state index contributed by atoms with van der Waals surface area (Å²) < 4.78 is 0. The third-order valence-corrected chi connectivity index (χ3v) is 8.23. The van der Waals surface area contributed by atoms with Gasteiger partial charge in [-0.3, -0.25) is 4.79 Å². The Morgan fingerprint density at radius 2 is 1.87 bits per heavy atom. The lowest BCUT2D eigenvalue weighted by Crippen LogP contribution is -2.49. The van der Waals surface area contributed by atoms with Gasteiger partial charge in [-0.1, -0.05) is 62.4 Å². The molecule has 1 aliphatic carbocycles. The van der Waals surface area contributed by atoms with Gasteiger partial charge in [0.25, 0.3) is 0 Å². The van der Waals surface area contributed by atoms with E-state index in [4.69, 9.17) is 0 Å². The molecule has 5 rings (SSSR count). The standard InChI is InChI=1S/C28H36N2O/c1-20(2)23-10-11-25-24(17-23)9-6-14-28(25)19-29-18-26(28)27(31)30-15-12-22(13-16-30)21-7-4-3-5-8-21/h3-5,7-8,10-11,17,20,22,26,29H,6,9,12-16,18-19H2,1-2H3. The molecule has 3 aliphatic rings. The van der Waals surface area contributed by atoms with Gasteiger partial charge >= 0.3 is 0 Å². The second-order valence-electron chi connectivity index (χ2n) is 10.3. The van der Waals surface area contributed by atoms with E-state index >= 15 is 0 Å². The van der Waals surface area contributed by atoms with E-state index in [1.54, 1.807) is 0 Å². The van der Waals surface area contributed by atoms with Gasteiger partial charge in [0.05, 0.1) is 5.92 Å². The van der Waals surface area contributed by atoms with E-state index < -0.39 is 0 Å². The van der Waals surface area contributed by atoms with Crippen LogP contribution in [0.1, 0.15) is 73.6 Å². The molecule has 0 radical (unpaired) electrons. The van der Waals surface area contributed by atoms with Crippen LogP contribution in [0.3, 0.4) is 0 Å². The van der Waals surface area contributed by atoms with E-state index in [0.29, 0.717) is 17.7 Å². The molecule has 0 aromatic heterocycles. The number of nitrogens with zero attached hydrogens (tertiary/aromatic N) is 1. The summed E-state index contributed by atoms with van der Waals surface area (Å²) in [6.07, 6.45) is 5.64. The third-order valence-electron chi connectivity index (χ3n) is 8.23. The minimum Gasteiger partial charge on any atom is -0.342 e. The average Bonchev–Trinajstić information content (AvgIpc) is 3.23. The van der Waals surface area contributed by atoms with Crippen LogP contribution in [0.4, 0.5) is 0 Å². The maximum Gasteiger partial charge on any atom is 0.227 e. The van der Waals surface area contributed by atoms with Gasteiger partial charge in [-0.2, -0.15) is 0 Å². The van der Waals surface area contributed by atoms with E-state index in [0.717, 1.165) is 51.9 Å². The molecule has 1 amide bonds. The molecule has 1 N–H and O–H groups in total. The maximum atomic E-state index is 13.8. The summed E-state index contributed by atoms with van der Waals surface area (Å²) in [5.41, 5.74) is 5.77. The Labute approximate surface area is 187 Å². The van der Waals surface area contributed by atoms with E-state index in [9.17, 15) is 4.79 Å². The number of piperidine rings is 1. The number of hydrogen-bond acceptors (Lipinski definition) is 2. The van der Waals surface area contributed by atoms with Crippen molar-refractivity contribution in [2.24, 2.45) is 5.92 Å². The van der Waals surface area contributed by atoms with Gasteiger partial charge in [-0.25, -0.2) is 0 Å². The number of rotatable bonds is 3. The number of aryl methyl sites for hydroxylation is 1. The highest BCUT2D eigenvalue weighted by Crippen LogP contribution is 2.46. The molecular weight excluding hydrogens is 380 g/mol. The van der Waals surface area contributed by atoms with Crippen LogP contribution in [-0.4, -0.2) is 37.0 Å². The molecule has 2 saturated heterocycles. The zero-order valence-electron chi connectivity index (χ0n) is 19.1. The summed E-state index contributed by atoms with van der Waals surface area (Å²) in [5.74, 6) is 1.60. The maximum absolute atomic E-state index is 13.8. The van der Waals surface area contributed by atoms with Gasteiger partial charge in [0, 0.05) is 31.6 Å². The molecule has 2 aliphatic heterocycles. The Kier molecular flexibility index (Phi) is 5.64. The lowest BCUT2D eigenvalue weighted by atomic mass is 9.63. The number of carbonyl (C=O) groups is 1. The molecule has 0 saturated carbocycles. The van der Waals surface area contributed by atoms with Crippen LogP contribution < -0.4 is 5.32 Å². The fraction of sp³-hybridized carbons (Fsp3) is 0.536. The molecule has 2 atom stereocenters. The first-order valence-electron chi connectivity index (χ1n) is 12.3. The van der Waals surface area contributed by atoms with Crippen LogP contribution in [0.5, 0.6) is 0 Å². The van der Waals surface area contributed by atoms with Crippen molar-refractivity contribution in [3.05, 3.63) is 70.8 Å². The Hall–Kier alpha value is -2.13. The zero-order chi connectivity index (χ0) is 21.4. The predicted octanol–water partition coefficient (Wildman–Crippen LogP) is 5.01. The van der Waals surface area contributed by atoms with Gasteiger partial charge in [0.2, 0.25) is 5.91 Å².